The van der Waals surface area contributed by atoms with Crippen molar-refractivity contribution in [1.82, 2.24) is 29.7 Å². The number of amides is 1. The average molecular weight is 368 g/mol. The minimum Gasteiger partial charge on any atom is -0.350 e. The molecule has 1 aliphatic carbocycles. The Labute approximate surface area is 160 Å². The predicted molar refractivity (Wildman–Crippen MR) is 102 cm³/mol. The highest BCUT2D eigenvalue weighted by Crippen LogP contribution is 2.32. The van der Waals surface area contributed by atoms with Crippen LogP contribution in [0.4, 0.5) is 0 Å². The van der Waals surface area contributed by atoms with Gasteiger partial charge in [0.2, 0.25) is 5.91 Å². The Balaban J connectivity index is 1.33. The maximum absolute atomic E-state index is 12.3. The molecular formula is C20H28N6O. The van der Waals surface area contributed by atoms with Gasteiger partial charge in [-0.1, -0.05) is 6.42 Å². The molecule has 0 bridgehead atoms. The molecule has 2 aliphatic rings. The Bertz CT molecular complexity index is 795. The average Bonchev–Trinajstić information content (AvgIpc) is 3.02. The van der Waals surface area contributed by atoms with E-state index in [1.54, 1.807) is 12.4 Å². The highest BCUT2D eigenvalue weighted by molar-refractivity contribution is 5.78. The summed E-state index contributed by atoms with van der Waals surface area (Å²) in [7, 11) is 0. The van der Waals surface area contributed by atoms with Crippen molar-refractivity contribution in [3.05, 3.63) is 41.5 Å². The van der Waals surface area contributed by atoms with E-state index in [1.807, 2.05) is 13.1 Å². The van der Waals surface area contributed by atoms with Gasteiger partial charge in [0.15, 0.2) is 0 Å². The maximum atomic E-state index is 12.3. The van der Waals surface area contributed by atoms with Gasteiger partial charge in [-0.05, 0) is 32.6 Å². The summed E-state index contributed by atoms with van der Waals surface area (Å²) in [5.41, 5.74) is 2.47. The summed E-state index contributed by atoms with van der Waals surface area (Å²) in [4.78, 5) is 28.1. The van der Waals surface area contributed by atoms with Crippen molar-refractivity contribution in [2.45, 2.75) is 58.7 Å². The van der Waals surface area contributed by atoms with Crippen LogP contribution in [0.15, 0.2) is 18.6 Å². The van der Waals surface area contributed by atoms with E-state index in [-0.39, 0.29) is 5.91 Å². The zero-order valence-electron chi connectivity index (χ0n) is 16.2. The van der Waals surface area contributed by atoms with Crippen molar-refractivity contribution >= 4 is 5.91 Å². The number of aromatic nitrogens is 4. The van der Waals surface area contributed by atoms with E-state index in [1.165, 1.54) is 25.8 Å². The van der Waals surface area contributed by atoms with Crippen LogP contribution in [0.5, 0.6) is 0 Å². The molecule has 7 nitrogen and oxygen atoms in total. The van der Waals surface area contributed by atoms with Crippen LogP contribution in [0, 0.1) is 12.8 Å². The normalized spacial score (nSPS) is 20.1. The molecular weight excluding hydrogens is 340 g/mol. The summed E-state index contributed by atoms with van der Waals surface area (Å²) in [6, 6.07) is 0.319. The lowest BCUT2D eigenvalue weighted by Gasteiger charge is -2.38. The second-order valence-electron chi connectivity index (χ2n) is 7.85. The van der Waals surface area contributed by atoms with Crippen LogP contribution in [-0.4, -0.2) is 43.4 Å². The van der Waals surface area contributed by atoms with Gasteiger partial charge in [-0.2, -0.15) is 0 Å². The lowest BCUT2D eigenvalue weighted by molar-refractivity contribution is -0.120. The van der Waals surface area contributed by atoms with E-state index >= 15 is 0 Å². The highest BCUT2D eigenvalue weighted by Gasteiger charge is 2.29. The van der Waals surface area contributed by atoms with E-state index in [4.69, 9.17) is 4.98 Å². The summed E-state index contributed by atoms with van der Waals surface area (Å²) < 4.78 is 2.22. The Morgan fingerprint density at radius 3 is 2.78 bits per heavy atom. The number of fused-ring (bicyclic) bond motifs is 1. The SMILES string of the molecule is Cc1cnc(CNC(=O)Cc2cn3c(n2)C(C)N(CC2CCC2)CC3)cn1. The molecule has 3 heterocycles. The van der Waals surface area contributed by atoms with Gasteiger partial charge in [-0.3, -0.25) is 19.7 Å². The van der Waals surface area contributed by atoms with E-state index in [9.17, 15) is 4.79 Å². The monoisotopic (exact) mass is 368 g/mol. The third-order valence-electron chi connectivity index (χ3n) is 5.77. The van der Waals surface area contributed by atoms with Crippen molar-refractivity contribution in [1.29, 1.82) is 0 Å². The fourth-order valence-electron chi connectivity index (χ4n) is 3.86. The Kier molecular flexibility index (Phi) is 5.20. The summed E-state index contributed by atoms with van der Waals surface area (Å²) in [5.74, 6) is 1.92. The van der Waals surface area contributed by atoms with Crippen LogP contribution < -0.4 is 5.32 Å². The molecule has 0 radical (unpaired) electrons. The van der Waals surface area contributed by atoms with Gasteiger partial charge in [-0.25, -0.2) is 4.98 Å². The molecule has 1 saturated carbocycles. The Hall–Kier alpha value is -2.28. The number of aryl methyl sites for hydroxylation is 1. The molecule has 1 unspecified atom stereocenters. The minimum atomic E-state index is -0.0354. The second kappa shape index (κ2) is 7.76. The van der Waals surface area contributed by atoms with Gasteiger partial charge in [0.05, 0.1) is 42.3 Å². The summed E-state index contributed by atoms with van der Waals surface area (Å²) >= 11 is 0. The molecule has 0 spiro atoms. The van der Waals surface area contributed by atoms with Crippen LogP contribution in [0.25, 0.3) is 0 Å². The number of hydrogen-bond donors (Lipinski definition) is 1. The molecule has 144 valence electrons. The lowest BCUT2D eigenvalue weighted by atomic mass is 9.84. The van der Waals surface area contributed by atoms with Crippen molar-refractivity contribution in [2.24, 2.45) is 5.92 Å². The zero-order valence-corrected chi connectivity index (χ0v) is 16.2. The standard InChI is InChI=1S/C20H28N6O/c1-14-9-22-18(10-21-14)11-23-19(27)8-17-13-26-7-6-25(12-16-4-3-5-16)15(2)20(26)24-17/h9-10,13,15-16H,3-8,11-12H2,1-2H3,(H,23,27). The molecule has 2 aromatic rings. The first-order valence-electron chi connectivity index (χ1n) is 9.92. The van der Waals surface area contributed by atoms with E-state index in [0.29, 0.717) is 19.0 Å². The zero-order chi connectivity index (χ0) is 18.8. The van der Waals surface area contributed by atoms with Crippen LogP contribution in [0.2, 0.25) is 0 Å². The largest absolute Gasteiger partial charge is 0.350 e. The fourth-order valence-corrected chi connectivity index (χ4v) is 3.86. The van der Waals surface area contributed by atoms with Crippen LogP contribution in [-0.2, 0) is 24.3 Å². The number of hydrogen-bond acceptors (Lipinski definition) is 5. The second-order valence-corrected chi connectivity index (χ2v) is 7.85. The highest BCUT2D eigenvalue weighted by atomic mass is 16.1. The molecule has 1 atom stereocenters. The summed E-state index contributed by atoms with van der Waals surface area (Å²) in [5, 5.41) is 2.91. The van der Waals surface area contributed by atoms with Crippen LogP contribution >= 0.6 is 0 Å². The molecule has 27 heavy (non-hydrogen) atoms. The van der Waals surface area contributed by atoms with Gasteiger partial charge in [0, 0.05) is 32.0 Å². The number of carbonyl (C=O) groups excluding carboxylic acids is 1. The molecule has 1 fully saturated rings. The number of rotatable bonds is 6. The third-order valence-corrected chi connectivity index (χ3v) is 5.77. The summed E-state index contributed by atoms with van der Waals surface area (Å²) in [6.07, 6.45) is 9.87. The van der Waals surface area contributed by atoms with Crippen molar-refractivity contribution in [3.63, 3.8) is 0 Å². The van der Waals surface area contributed by atoms with E-state index in [2.05, 4.69) is 31.7 Å². The number of imidazole rings is 1. The minimum absolute atomic E-state index is 0.0354. The van der Waals surface area contributed by atoms with Crippen molar-refractivity contribution in [2.75, 3.05) is 13.1 Å². The molecule has 4 rings (SSSR count). The first-order chi connectivity index (χ1) is 13.1. The first kappa shape index (κ1) is 18.1. The molecule has 7 heteroatoms. The van der Waals surface area contributed by atoms with Gasteiger partial charge in [-0.15, -0.1) is 0 Å². The van der Waals surface area contributed by atoms with Gasteiger partial charge < -0.3 is 9.88 Å². The van der Waals surface area contributed by atoms with Crippen LogP contribution in [0.3, 0.4) is 0 Å². The lowest BCUT2D eigenvalue weighted by Crippen LogP contribution is -2.41. The van der Waals surface area contributed by atoms with E-state index in [0.717, 1.165) is 41.9 Å². The maximum Gasteiger partial charge on any atom is 0.226 e. The molecule has 2 aromatic heterocycles. The molecule has 0 saturated heterocycles. The number of nitrogens with zero attached hydrogens (tertiary/aromatic N) is 5. The van der Waals surface area contributed by atoms with Gasteiger partial charge >= 0.3 is 0 Å². The van der Waals surface area contributed by atoms with Gasteiger partial charge in [0.25, 0.3) is 0 Å². The molecule has 1 amide bonds. The third kappa shape index (κ3) is 4.18. The molecule has 0 aromatic carbocycles. The first-order valence-corrected chi connectivity index (χ1v) is 9.92. The number of carbonyl (C=O) groups is 1. The van der Waals surface area contributed by atoms with E-state index < -0.39 is 0 Å². The van der Waals surface area contributed by atoms with Crippen molar-refractivity contribution in [3.8, 4) is 0 Å². The van der Waals surface area contributed by atoms with Crippen molar-refractivity contribution < 1.29 is 4.79 Å². The quantitative estimate of drug-likeness (QED) is 0.844. The predicted octanol–water partition coefficient (Wildman–Crippen LogP) is 2.02. The number of nitrogens with one attached hydrogen (secondary N) is 1. The molecule has 1 N–H and O–H groups in total. The Morgan fingerprint density at radius 2 is 2.07 bits per heavy atom. The topological polar surface area (TPSA) is 75.9 Å². The Morgan fingerprint density at radius 1 is 1.22 bits per heavy atom. The fraction of sp³-hybridized carbons (Fsp3) is 0.600. The van der Waals surface area contributed by atoms with Crippen LogP contribution in [0.1, 0.15) is 55.1 Å². The molecule has 1 aliphatic heterocycles. The summed E-state index contributed by atoms with van der Waals surface area (Å²) in [6.45, 7) is 7.73. The smallest absolute Gasteiger partial charge is 0.226 e. The van der Waals surface area contributed by atoms with Gasteiger partial charge in [0.1, 0.15) is 5.82 Å².